The lowest BCUT2D eigenvalue weighted by molar-refractivity contribution is 0.0514. The van der Waals surface area contributed by atoms with Gasteiger partial charge < -0.3 is 18.3 Å². The van der Waals surface area contributed by atoms with Crippen LogP contribution in [0.1, 0.15) is 57.6 Å². The van der Waals surface area contributed by atoms with Crippen LogP contribution in [0, 0.1) is 13.8 Å². The number of carbonyl (C=O) groups excluding carboxylic acids is 2. The first kappa shape index (κ1) is 19.2. The average Bonchev–Trinajstić information content (AvgIpc) is 3.11. The van der Waals surface area contributed by atoms with Crippen molar-refractivity contribution < 1.29 is 27.9 Å². The Kier molecular flexibility index (Phi) is 6.75. The number of carbonyl (C=O) groups is 2. The number of hydrogen-bond donors (Lipinski definition) is 0. The third kappa shape index (κ3) is 4.92. The van der Waals surface area contributed by atoms with Crippen molar-refractivity contribution in [3.63, 3.8) is 0 Å². The third-order valence-corrected chi connectivity index (χ3v) is 4.39. The van der Waals surface area contributed by atoms with Crippen LogP contribution < -0.4 is 0 Å². The number of thioether (sulfide) groups is 1. The Bertz CT molecular complexity index is 681. The summed E-state index contributed by atoms with van der Waals surface area (Å²) in [6.45, 7) is 7.66. The molecule has 0 aliphatic heterocycles. The van der Waals surface area contributed by atoms with Crippen LogP contribution in [0.4, 0.5) is 0 Å². The van der Waals surface area contributed by atoms with E-state index >= 15 is 0 Å². The lowest BCUT2D eigenvalue weighted by Gasteiger charge is -1.97. The zero-order chi connectivity index (χ0) is 18.4. The predicted octanol–water partition coefficient (Wildman–Crippen LogP) is 4.28. The van der Waals surface area contributed by atoms with Crippen molar-refractivity contribution in [1.29, 1.82) is 0 Å². The van der Waals surface area contributed by atoms with Crippen molar-refractivity contribution in [3.8, 4) is 0 Å². The Labute approximate surface area is 150 Å². The fourth-order valence-electron chi connectivity index (χ4n) is 2.30. The van der Waals surface area contributed by atoms with Crippen LogP contribution in [0.2, 0.25) is 0 Å². The summed E-state index contributed by atoms with van der Waals surface area (Å²) in [7, 11) is 0. The molecule has 0 N–H and O–H groups in total. The molecule has 6 nitrogen and oxygen atoms in total. The lowest BCUT2D eigenvalue weighted by atomic mass is 10.2. The molecule has 2 aromatic heterocycles. The molecule has 0 aromatic carbocycles. The van der Waals surface area contributed by atoms with Crippen LogP contribution in [0.3, 0.4) is 0 Å². The normalized spacial score (nSPS) is 10.7. The highest BCUT2D eigenvalue weighted by atomic mass is 32.2. The van der Waals surface area contributed by atoms with Crippen molar-refractivity contribution in [2.75, 3.05) is 13.2 Å². The maximum atomic E-state index is 11.8. The Hall–Kier alpha value is -2.15. The highest BCUT2D eigenvalue weighted by molar-refractivity contribution is 7.97. The Morgan fingerprint density at radius 2 is 1.28 bits per heavy atom. The van der Waals surface area contributed by atoms with E-state index in [1.54, 1.807) is 51.6 Å². The van der Waals surface area contributed by atoms with Gasteiger partial charge in [-0.05, 0) is 39.8 Å². The van der Waals surface area contributed by atoms with Gasteiger partial charge in [0.1, 0.15) is 34.2 Å². The minimum atomic E-state index is -0.374. The molecule has 0 bridgehead atoms. The standard InChI is InChI=1S/C18H22O6S/c1-5-21-17(19)15-7-13(23-11(15)3)9-25-10-14-8-16(12(4)24-14)18(20)22-6-2/h7-8H,5-6,9-10H2,1-4H3. The summed E-state index contributed by atoms with van der Waals surface area (Å²) in [6.07, 6.45) is 0. The number of ether oxygens (including phenoxy) is 2. The average molecular weight is 366 g/mol. The second-order valence-electron chi connectivity index (χ2n) is 5.30. The lowest BCUT2D eigenvalue weighted by Crippen LogP contribution is -2.04. The minimum Gasteiger partial charge on any atom is -0.465 e. The third-order valence-electron chi connectivity index (χ3n) is 3.42. The van der Waals surface area contributed by atoms with Crippen molar-refractivity contribution in [2.24, 2.45) is 0 Å². The van der Waals surface area contributed by atoms with Gasteiger partial charge in [0, 0.05) is 0 Å². The molecule has 2 aromatic rings. The second kappa shape index (κ2) is 8.80. The molecular weight excluding hydrogens is 344 g/mol. The quantitative estimate of drug-likeness (QED) is 0.645. The van der Waals surface area contributed by atoms with E-state index in [1.165, 1.54) is 0 Å². The Balaban J connectivity index is 1.93. The molecule has 136 valence electrons. The number of rotatable bonds is 8. The van der Waals surface area contributed by atoms with Gasteiger partial charge in [-0.15, -0.1) is 11.8 Å². The van der Waals surface area contributed by atoms with Crippen molar-refractivity contribution >= 4 is 23.7 Å². The molecule has 0 amide bonds. The van der Waals surface area contributed by atoms with Crippen LogP contribution in [0.25, 0.3) is 0 Å². The molecule has 0 fully saturated rings. The van der Waals surface area contributed by atoms with Gasteiger partial charge in [0.15, 0.2) is 0 Å². The molecule has 0 spiro atoms. The van der Waals surface area contributed by atoms with Crippen molar-refractivity contribution in [2.45, 2.75) is 39.2 Å². The summed E-state index contributed by atoms with van der Waals surface area (Å²) in [5.41, 5.74) is 0.909. The van der Waals surface area contributed by atoms with Crippen LogP contribution >= 0.6 is 11.8 Å². The van der Waals surface area contributed by atoms with Gasteiger partial charge in [0.25, 0.3) is 0 Å². The number of esters is 2. The van der Waals surface area contributed by atoms with Crippen molar-refractivity contribution in [1.82, 2.24) is 0 Å². The summed E-state index contributed by atoms with van der Waals surface area (Å²) in [4.78, 5) is 23.6. The SMILES string of the molecule is CCOC(=O)c1cc(CSCc2cc(C(=O)OCC)c(C)o2)oc1C. The van der Waals surface area contributed by atoms with E-state index in [4.69, 9.17) is 18.3 Å². The van der Waals surface area contributed by atoms with Gasteiger partial charge >= 0.3 is 11.9 Å². The summed E-state index contributed by atoms with van der Waals surface area (Å²) < 4.78 is 21.2. The molecule has 0 radical (unpaired) electrons. The van der Waals surface area contributed by atoms with Gasteiger partial charge in [-0.2, -0.15) is 0 Å². The molecule has 0 aliphatic rings. The Morgan fingerprint density at radius 3 is 1.64 bits per heavy atom. The Morgan fingerprint density at radius 1 is 0.880 bits per heavy atom. The topological polar surface area (TPSA) is 78.9 Å². The van der Waals surface area contributed by atoms with Gasteiger partial charge in [0.05, 0.1) is 24.7 Å². The molecule has 0 saturated carbocycles. The highest BCUT2D eigenvalue weighted by Crippen LogP contribution is 2.25. The maximum Gasteiger partial charge on any atom is 0.341 e. The second-order valence-corrected chi connectivity index (χ2v) is 6.28. The molecule has 7 heteroatoms. The van der Waals surface area contributed by atoms with Crippen molar-refractivity contribution in [3.05, 3.63) is 46.3 Å². The van der Waals surface area contributed by atoms with Gasteiger partial charge in [-0.25, -0.2) is 9.59 Å². The summed E-state index contributed by atoms with van der Waals surface area (Å²) in [5, 5.41) is 0. The van der Waals surface area contributed by atoms with E-state index in [1.807, 2.05) is 0 Å². The largest absolute Gasteiger partial charge is 0.465 e. The molecule has 25 heavy (non-hydrogen) atoms. The number of hydrogen-bond acceptors (Lipinski definition) is 7. The first-order valence-electron chi connectivity index (χ1n) is 8.06. The van der Waals surface area contributed by atoms with Crippen LogP contribution in [-0.2, 0) is 21.0 Å². The fraction of sp³-hybridized carbons (Fsp3) is 0.444. The zero-order valence-electron chi connectivity index (χ0n) is 14.8. The smallest absolute Gasteiger partial charge is 0.341 e. The predicted molar refractivity (Wildman–Crippen MR) is 93.8 cm³/mol. The van der Waals surface area contributed by atoms with E-state index in [0.29, 0.717) is 58.9 Å². The zero-order valence-corrected chi connectivity index (χ0v) is 15.7. The van der Waals surface area contributed by atoms with Gasteiger partial charge in [-0.3, -0.25) is 0 Å². The number of aryl methyl sites for hydroxylation is 2. The minimum absolute atomic E-state index is 0.328. The van der Waals surface area contributed by atoms with E-state index in [-0.39, 0.29) is 11.9 Å². The molecule has 0 aliphatic carbocycles. The molecule has 2 heterocycles. The molecule has 0 atom stereocenters. The van der Waals surface area contributed by atoms with E-state index in [0.717, 1.165) is 0 Å². The first-order chi connectivity index (χ1) is 12.0. The van der Waals surface area contributed by atoms with Crippen LogP contribution in [0.5, 0.6) is 0 Å². The highest BCUT2D eigenvalue weighted by Gasteiger charge is 2.18. The first-order valence-corrected chi connectivity index (χ1v) is 9.22. The molecule has 0 unspecified atom stereocenters. The fourth-order valence-corrected chi connectivity index (χ4v) is 3.09. The maximum absolute atomic E-state index is 11.8. The van der Waals surface area contributed by atoms with E-state index < -0.39 is 0 Å². The van der Waals surface area contributed by atoms with Crippen LogP contribution in [-0.4, -0.2) is 25.2 Å². The van der Waals surface area contributed by atoms with Gasteiger partial charge in [0.2, 0.25) is 0 Å². The van der Waals surface area contributed by atoms with E-state index in [2.05, 4.69) is 0 Å². The van der Waals surface area contributed by atoms with E-state index in [9.17, 15) is 9.59 Å². The van der Waals surface area contributed by atoms with Crippen LogP contribution in [0.15, 0.2) is 21.0 Å². The monoisotopic (exact) mass is 366 g/mol. The molecular formula is C18H22O6S. The molecule has 2 rings (SSSR count). The van der Waals surface area contributed by atoms with Gasteiger partial charge in [-0.1, -0.05) is 0 Å². The summed E-state index contributed by atoms with van der Waals surface area (Å²) in [5.74, 6) is 2.89. The number of furan rings is 2. The summed E-state index contributed by atoms with van der Waals surface area (Å²) >= 11 is 1.56. The summed E-state index contributed by atoms with van der Waals surface area (Å²) in [6, 6.07) is 3.41. The molecule has 0 saturated heterocycles.